The Balaban J connectivity index is 1.55. The summed E-state index contributed by atoms with van der Waals surface area (Å²) >= 11 is 0. The Hall–Kier alpha value is -4.19. The van der Waals surface area contributed by atoms with Crippen LogP contribution < -0.4 is 0 Å². The summed E-state index contributed by atoms with van der Waals surface area (Å²) in [6, 6.07) is 27.0. The maximum atomic E-state index is 13.4. The molecule has 0 aliphatic rings. The fourth-order valence-electron chi connectivity index (χ4n) is 3.85. The Bertz CT molecular complexity index is 1280. The monoisotopic (exact) mass is 452 g/mol. The quantitative estimate of drug-likeness (QED) is 0.401. The van der Waals surface area contributed by atoms with Crippen LogP contribution >= 0.6 is 0 Å². The average molecular weight is 453 g/mol. The zero-order valence-electron chi connectivity index (χ0n) is 19.7. The van der Waals surface area contributed by atoms with Crippen molar-refractivity contribution in [3.05, 3.63) is 108 Å². The molecule has 4 aromatic rings. The summed E-state index contributed by atoms with van der Waals surface area (Å²) in [4.78, 5) is 28.8. The summed E-state index contributed by atoms with van der Waals surface area (Å²) < 4.78 is 1.85. The Labute approximate surface area is 200 Å². The lowest BCUT2D eigenvalue weighted by Gasteiger charge is -2.22. The fourth-order valence-corrected chi connectivity index (χ4v) is 3.85. The van der Waals surface area contributed by atoms with Crippen molar-refractivity contribution in [2.24, 2.45) is 0 Å². The first kappa shape index (κ1) is 23.0. The number of hydrogen-bond donors (Lipinski definition) is 0. The topological polar surface area (TPSA) is 58.4 Å². The van der Waals surface area contributed by atoms with E-state index < -0.39 is 0 Å². The molecule has 0 aliphatic heterocycles. The normalized spacial score (nSPS) is 10.7. The van der Waals surface area contributed by atoms with Gasteiger partial charge in [0.05, 0.1) is 17.6 Å². The second-order valence-corrected chi connectivity index (χ2v) is 8.26. The molecule has 0 bridgehead atoms. The molecule has 34 heavy (non-hydrogen) atoms. The van der Waals surface area contributed by atoms with Gasteiger partial charge in [-0.1, -0.05) is 48.5 Å². The average Bonchev–Trinajstić information content (AvgIpc) is 3.37. The van der Waals surface area contributed by atoms with Crippen LogP contribution in [0.4, 0.5) is 0 Å². The smallest absolute Gasteiger partial charge is 0.254 e. The number of benzene rings is 3. The number of aromatic nitrogens is 2. The molecule has 0 spiro atoms. The third-order valence-electron chi connectivity index (χ3n) is 5.70. The Morgan fingerprint density at radius 3 is 2.24 bits per heavy atom. The molecule has 1 aromatic heterocycles. The molecule has 0 aliphatic carbocycles. The number of carbonyl (C=O) groups is 2. The zero-order valence-corrected chi connectivity index (χ0v) is 19.7. The molecule has 4 rings (SSSR count). The van der Waals surface area contributed by atoms with E-state index >= 15 is 0 Å². The lowest BCUT2D eigenvalue weighted by atomic mass is 10.1. The molecular formula is C28H28N4O2. The predicted octanol–water partition coefficient (Wildman–Crippen LogP) is 4.90. The van der Waals surface area contributed by atoms with Crippen LogP contribution in [0.1, 0.15) is 33.2 Å². The lowest BCUT2D eigenvalue weighted by Crippen LogP contribution is -2.30. The summed E-state index contributed by atoms with van der Waals surface area (Å²) in [6.07, 6.45) is 1.76. The highest BCUT2D eigenvalue weighted by atomic mass is 16.2. The summed E-state index contributed by atoms with van der Waals surface area (Å²) in [7, 11) is 3.46. The molecule has 172 valence electrons. The largest absolute Gasteiger partial charge is 0.345 e. The van der Waals surface area contributed by atoms with Gasteiger partial charge in [-0.25, -0.2) is 4.68 Å². The Kier molecular flexibility index (Phi) is 6.87. The molecule has 0 saturated heterocycles. The van der Waals surface area contributed by atoms with Crippen LogP contribution in [-0.4, -0.2) is 52.0 Å². The molecule has 0 fully saturated rings. The van der Waals surface area contributed by atoms with Crippen molar-refractivity contribution >= 4 is 11.8 Å². The van der Waals surface area contributed by atoms with E-state index in [0.29, 0.717) is 24.2 Å². The van der Waals surface area contributed by atoms with E-state index in [2.05, 4.69) is 5.10 Å². The van der Waals surface area contributed by atoms with Gasteiger partial charge in [0.2, 0.25) is 0 Å². The highest BCUT2D eigenvalue weighted by Gasteiger charge is 2.17. The molecule has 3 aromatic carbocycles. The summed E-state index contributed by atoms with van der Waals surface area (Å²) in [5.41, 5.74) is 5.06. The van der Waals surface area contributed by atoms with Crippen molar-refractivity contribution in [2.45, 2.75) is 13.5 Å². The van der Waals surface area contributed by atoms with Crippen molar-refractivity contribution in [3.8, 4) is 16.9 Å². The first-order chi connectivity index (χ1) is 16.5. The van der Waals surface area contributed by atoms with Crippen molar-refractivity contribution < 1.29 is 9.59 Å². The summed E-state index contributed by atoms with van der Waals surface area (Å²) in [6.45, 7) is 3.00. The van der Waals surface area contributed by atoms with E-state index in [4.69, 9.17) is 0 Å². The number of nitrogens with zero attached hydrogens (tertiary/aromatic N) is 4. The maximum Gasteiger partial charge on any atom is 0.254 e. The van der Waals surface area contributed by atoms with Gasteiger partial charge < -0.3 is 9.80 Å². The first-order valence-corrected chi connectivity index (χ1v) is 11.3. The van der Waals surface area contributed by atoms with Crippen molar-refractivity contribution in [1.82, 2.24) is 19.6 Å². The maximum absolute atomic E-state index is 13.4. The minimum Gasteiger partial charge on any atom is -0.345 e. The summed E-state index contributed by atoms with van der Waals surface area (Å²) in [5.74, 6) is -0.0912. The lowest BCUT2D eigenvalue weighted by molar-refractivity contribution is 0.0751. The zero-order chi connectivity index (χ0) is 24.1. The molecule has 0 radical (unpaired) electrons. The van der Waals surface area contributed by atoms with E-state index in [0.717, 1.165) is 22.5 Å². The van der Waals surface area contributed by atoms with E-state index in [1.54, 1.807) is 42.2 Å². The van der Waals surface area contributed by atoms with Crippen LogP contribution in [0.3, 0.4) is 0 Å². The van der Waals surface area contributed by atoms with Gasteiger partial charge in [-0.15, -0.1) is 0 Å². The van der Waals surface area contributed by atoms with E-state index in [9.17, 15) is 9.59 Å². The molecule has 0 unspecified atom stereocenters. The molecule has 2 amide bonds. The van der Waals surface area contributed by atoms with Gasteiger partial charge in [0.15, 0.2) is 0 Å². The minimum absolute atomic E-state index is 0.0414. The van der Waals surface area contributed by atoms with Crippen LogP contribution in [0.15, 0.2) is 91.1 Å². The van der Waals surface area contributed by atoms with Crippen LogP contribution in [0.5, 0.6) is 0 Å². The van der Waals surface area contributed by atoms with Gasteiger partial charge in [-0.2, -0.15) is 5.10 Å². The van der Waals surface area contributed by atoms with Crippen LogP contribution in [-0.2, 0) is 6.54 Å². The highest BCUT2D eigenvalue weighted by molar-refractivity contribution is 5.95. The fraction of sp³-hybridized carbons (Fsp3) is 0.179. The molecule has 0 saturated carbocycles. The molecule has 0 atom stereocenters. The number of hydrogen-bond acceptors (Lipinski definition) is 3. The van der Waals surface area contributed by atoms with Gasteiger partial charge >= 0.3 is 0 Å². The molecule has 0 N–H and O–H groups in total. The van der Waals surface area contributed by atoms with Gasteiger partial charge in [0, 0.05) is 43.9 Å². The SMILES string of the molecule is CCN(Cc1ccc(C(=O)N(C)C)cc1)C(=O)c1cccc(-n2nccc2-c2ccccc2)c1. The second kappa shape index (κ2) is 10.2. The van der Waals surface area contributed by atoms with Gasteiger partial charge in [-0.3, -0.25) is 9.59 Å². The second-order valence-electron chi connectivity index (χ2n) is 8.26. The predicted molar refractivity (Wildman–Crippen MR) is 134 cm³/mol. The van der Waals surface area contributed by atoms with E-state index in [1.807, 2.05) is 84.4 Å². The standard InChI is InChI=1S/C28H28N4O2/c1-4-31(20-21-13-15-23(16-14-21)27(33)30(2)3)28(34)24-11-8-12-25(19-24)32-26(17-18-29-32)22-9-6-5-7-10-22/h5-19H,4,20H2,1-3H3. The Morgan fingerprint density at radius 1 is 0.824 bits per heavy atom. The van der Waals surface area contributed by atoms with Gasteiger partial charge in [0.25, 0.3) is 11.8 Å². The summed E-state index contributed by atoms with van der Waals surface area (Å²) in [5, 5.41) is 4.49. The van der Waals surface area contributed by atoms with Gasteiger partial charge in [0.1, 0.15) is 0 Å². The molecule has 6 nitrogen and oxygen atoms in total. The Morgan fingerprint density at radius 2 is 1.56 bits per heavy atom. The molecule has 6 heteroatoms. The van der Waals surface area contributed by atoms with E-state index in [1.165, 1.54) is 0 Å². The van der Waals surface area contributed by atoms with Crippen molar-refractivity contribution in [2.75, 3.05) is 20.6 Å². The van der Waals surface area contributed by atoms with Crippen LogP contribution in [0, 0.1) is 0 Å². The van der Waals surface area contributed by atoms with Crippen molar-refractivity contribution in [1.29, 1.82) is 0 Å². The highest BCUT2D eigenvalue weighted by Crippen LogP contribution is 2.23. The third kappa shape index (κ3) is 4.91. The van der Waals surface area contributed by atoms with Crippen LogP contribution in [0.2, 0.25) is 0 Å². The number of amides is 2. The van der Waals surface area contributed by atoms with Crippen molar-refractivity contribution in [3.63, 3.8) is 0 Å². The molecule has 1 heterocycles. The number of rotatable bonds is 7. The van der Waals surface area contributed by atoms with Crippen LogP contribution in [0.25, 0.3) is 16.9 Å². The van der Waals surface area contributed by atoms with E-state index in [-0.39, 0.29) is 11.8 Å². The minimum atomic E-state index is -0.0498. The third-order valence-corrected chi connectivity index (χ3v) is 5.70. The number of carbonyl (C=O) groups excluding carboxylic acids is 2. The first-order valence-electron chi connectivity index (χ1n) is 11.3. The van der Waals surface area contributed by atoms with Gasteiger partial charge in [-0.05, 0) is 48.9 Å². The molecular weight excluding hydrogens is 424 g/mol.